The number of nitrogens with one attached hydrogen (secondary N) is 2. The largest absolute Gasteiger partial charge is 0.377 e. The Hall–Kier alpha value is -0.380. The molecule has 1 aromatic carbocycles. The lowest BCUT2D eigenvalue weighted by atomic mass is 10.1. The van der Waals surface area contributed by atoms with Crippen LogP contribution in [0.5, 0.6) is 0 Å². The molecule has 5 nitrogen and oxygen atoms in total. The fraction of sp³-hybridized carbons (Fsp3) is 0.667. The zero-order chi connectivity index (χ0) is 19.2. The average Bonchev–Trinajstić information content (AvgIpc) is 3.42. The highest BCUT2D eigenvalue weighted by atomic mass is 127. The summed E-state index contributed by atoms with van der Waals surface area (Å²) < 4.78 is 6.80. The molecular weight excluding hydrogens is 531 g/mol. The molecule has 7 heteroatoms. The van der Waals surface area contributed by atoms with Crippen LogP contribution >= 0.6 is 39.9 Å². The van der Waals surface area contributed by atoms with E-state index in [1.54, 1.807) is 0 Å². The molecule has 1 heterocycles. The number of ether oxygens (including phenoxy) is 1. The van der Waals surface area contributed by atoms with Crippen LogP contribution in [0.1, 0.15) is 44.6 Å². The van der Waals surface area contributed by atoms with E-state index >= 15 is 0 Å². The third-order valence-electron chi connectivity index (χ3n) is 5.42. The van der Waals surface area contributed by atoms with Gasteiger partial charge in [-0.15, -0.1) is 24.0 Å². The van der Waals surface area contributed by atoms with Crippen molar-refractivity contribution in [1.82, 2.24) is 15.5 Å². The Balaban J connectivity index is 0.00000280. The summed E-state index contributed by atoms with van der Waals surface area (Å²) in [6.45, 7) is 8.31. The molecule has 0 amide bonds. The Labute approximate surface area is 195 Å². The van der Waals surface area contributed by atoms with Crippen LogP contribution in [0.4, 0.5) is 0 Å². The lowest BCUT2D eigenvalue weighted by Gasteiger charge is -2.33. The van der Waals surface area contributed by atoms with Crippen molar-refractivity contribution in [2.24, 2.45) is 4.99 Å². The summed E-state index contributed by atoms with van der Waals surface area (Å²) in [4.78, 5) is 6.95. The second-order valence-electron chi connectivity index (χ2n) is 7.90. The summed E-state index contributed by atoms with van der Waals surface area (Å²) >= 11 is 3.51. The minimum absolute atomic E-state index is 0. The molecule has 1 saturated carbocycles. The molecule has 2 unspecified atom stereocenters. The Morgan fingerprint density at radius 1 is 1.21 bits per heavy atom. The number of hydrogen-bond donors (Lipinski definition) is 2. The van der Waals surface area contributed by atoms with Crippen molar-refractivity contribution in [3.63, 3.8) is 0 Å². The highest BCUT2D eigenvalue weighted by molar-refractivity contribution is 14.0. The van der Waals surface area contributed by atoms with E-state index in [1.807, 2.05) is 7.05 Å². The molecular formula is C21H34BrIN4O. The molecule has 1 saturated heterocycles. The average molecular weight is 565 g/mol. The van der Waals surface area contributed by atoms with Crippen molar-refractivity contribution in [1.29, 1.82) is 0 Å². The first-order chi connectivity index (χ1) is 13.0. The van der Waals surface area contributed by atoms with Gasteiger partial charge in [-0.3, -0.25) is 4.99 Å². The first kappa shape index (κ1) is 23.9. The minimum atomic E-state index is 0. The van der Waals surface area contributed by atoms with Crippen molar-refractivity contribution in [3.8, 4) is 0 Å². The molecule has 2 atom stereocenters. The molecule has 2 aliphatic rings. The van der Waals surface area contributed by atoms with Crippen molar-refractivity contribution in [2.75, 3.05) is 33.3 Å². The molecule has 28 heavy (non-hydrogen) atoms. The van der Waals surface area contributed by atoms with Gasteiger partial charge in [0.05, 0.1) is 12.7 Å². The van der Waals surface area contributed by atoms with E-state index in [2.05, 4.69) is 74.6 Å². The Morgan fingerprint density at radius 3 is 2.50 bits per heavy atom. The van der Waals surface area contributed by atoms with Gasteiger partial charge >= 0.3 is 0 Å². The van der Waals surface area contributed by atoms with Gasteiger partial charge in [-0.25, -0.2) is 0 Å². The lowest BCUT2D eigenvalue weighted by molar-refractivity contribution is 0.0532. The van der Waals surface area contributed by atoms with Crippen LogP contribution in [0.3, 0.4) is 0 Å². The maximum absolute atomic E-state index is 5.67. The smallest absolute Gasteiger partial charge is 0.191 e. The zero-order valence-corrected chi connectivity index (χ0v) is 21.1. The van der Waals surface area contributed by atoms with Crippen LogP contribution in [0.2, 0.25) is 0 Å². The predicted octanol–water partition coefficient (Wildman–Crippen LogP) is 3.98. The van der Waals surface area contributed by atoms with Crippen LogP contribution in [0.15, 0.2) is 33.7 Å². The van der Waals surface area contributed by atoms with Crippen molar-refractivity contribution >= 4 is 45.9 Å². The summed E-state index contributed by atoms with van der Waals surface area (Å²) in [5, 5.41) is 7.23. The molecule has 1 aliphatic carbocycles. The predicted molar refractivity (Wildman–Crippen MR) is 131 cm³/mol. The van der Waals surface area contributed by atoms with E-state index in [0.29, 0.717) is 24.1 Å². The Morgan fingerprint density at radius 2 is 1.89 bits per heavy atom. The molecule has 2 N–H and O–H groups in total. The fourth-order valence-electron chi connectivity index (χ4n) is 3.69. The summed E-state index contributed by atoms with van der Waals surface area (Å²) in [6.07, 6.45) is 3.81. The van der Waals surface area contributed by atoms with E-state index < -0.39 is 0 Å². The number of aliphatic imine (C=N–C) groups is 1. The summed E-state index contributed by atoms with van der Waals surface area (Å²) in [5.41, 5.74) is 1.41. The third-order valence-corrected chi connectivity index (χ3v) is 5.95. The molecule has 158 valence electrons. The molecule has 2 fully saturated rings. The number of likely N-dealkylation sites (tertiary alicyclic amines) is 1. The highest BCUT2D eigenvalue weighted by Crippen LogP contribution is 2.41. The number of piperidine rings is 1. The molecule has 1 aliphatic heterocycles. The Kier molecular flexibility index (Phi) is 10.00. The highest BCUT2D eigenvalue weighted by Gasteiger charge is 2.39. The van der Waals surface area contributed by atoms with Crippen molar-refractivity contribution in [2.45, 2.75) is 57.2 Å². The number of guanidine groups is 1. The maximum atomic E-state index is 5.67. The summed E-state index contributed by atoms with van der Waals surface area (Å²) in [5.74, 6) is 1.54. The van der Waals surface area contributed by atoms with Gasteiger partial charge in [0, 0.05) is 49.2 Å². The van der Waals surface area contributed by atoms with Crippen molar-refractivity contribution in [3.05, 3.63) is 34.3 Å². The van der Waals surface area contributed by atoms with E-state index in [1.165, 1.54) is 12.0 Å². The van der Waals surface area contributed by atoms with Gasteiger partial charge in [-0.2, -0.15) is 0 Å². The molecule has 3 rings (SSSR count). The zero-order valence-electron chi connectivity index (χ0n) is 17.2. The lowest BCUT2D eigenvalue weighted by Crippen LogP contribution is -2.49. The Bertz CT molecular complexity index is 617. The first-order valence-corrected chi connectivity index (χ1v) is 10.9. The second kappa shape index (κ2) is 11.7. The quantitative estimate of drug-likeness (QED) is 0.299. The van der Waals surface area contributed by atoms with Crippen molar-refractivity contribution < 1.29 is 4.74 Å². The van der Waals surface area contributed by atoms with Gasteiger partial charge in [0.1, 0.15) is 0 Å². The SMILES string of the molecule is CN=C(NC1CCN(CCOC(C)C)CC1)NC1CC1c1ccc(Br)cc1.I. The van der Waals surface area contributed by atoms with Crippen LogP contribution in [0.25, 0.3) is 0 Å². The molecule has 0 bridgehead atoms. The van der Waals surface area contributed by atoms with E-state index in [9.17, 15) is 0 Å². The number of rotatable bonds is 7. The topological polar surface area (TPSA) is 48.9 Å². The number of nitrogens with zero attached hydrogens (tertiary/aromatic N) is 2. The number of benzene rings is 1. The summed E-state index contributed by atoms with van der Waals surface area (Å²) in [7, 11) is 1.87. The molecule has 1 aromatic rings. The standard InChI is InChI=1S/C21H33BrN4O.HI/c1-15(2)27-13-12-26-10-8-18(9-11-26)24-21(23-3)25-20-14-19(20)16-4-6-17(22)7-5-16;/h4-7,15,18-20H,8-14H2,1-3H3,(H2,23,24,25);1H. The minimum Gasteiger partial charge on any atom is -0.377 e. The summed E-state index contributed by atoms with van der Waals surface area (Å²) in [6, 6.07) is 9.67. The van der Waals surface area contributed by atoms with Crippen LogP contribution in [-0.4, -0.2) is 62.3 Å². The van der Waals surface area contributed by atoms with E-state index in [-0.39, 0.29) is 24.0 Å². The van der Waals surface area contributed by atoms with Gasteiger partial charge < -0.3 is 20.3 Å². The van der Waals surface area contributed by atoms with E-state index in [0.717, 1.165) is 49.5 Å². The first-order valence-electron chi connectivity index (χ1n) is 10.1. The molecule has 0 spiro atoms. The van der Waals surface area contributed by atoms with Crippen LogP contribution < -0.4 is 10.6 Å². The number of halogens is 2. The van der Waals surface area contributed by atoms with Gasteiger partial charge in [0.15, 0.2) is 5.96 Å². The second-order valence-corrected chi connectivity index (χ2v) is 8.81. The normalized spacial score (nSPS) is 23.4. The third kappa shape index (κ3) is 7.46. The fourth-order valence-corrected chi connectivity index (χ4v) is 3.96. The van der Waals surface area contributed by atoms with E-state index in [4.69, 9.17) is 4.74 Å². The van der Waals surface area contributed by atoms with Gasteiger partial charge in [0.2, 0.25) is 0 Å². The molecule has 0 radical (unpaired) electrons. The van der Waals surface area contributed by atoms with Crippen LogP contribution in [-0.2, 0) is 4.74 Å². The maximum Gasteiger partial charge on any atom is 0.191 e. The number of hydrogen-bond acceptors (Lipinski definition) is 3. The van der Waals surface area contributed by atoms with Gasteiger partial charge in [-0.05, 0) is 50.8 Å². The van der Waals surface area contributed by atoms with Crippen LogP contribution in [0, 0.1) is 0 Å². The van der Waals surface area contributed by atoms with Gasteiger partial charge in [-0.1, -0.05) is 28.1 Å². The monoisotopic (exact) mass is 564 g/mol. The van der Waals surface area contributed by atoms with Gasteiger partial charge in [0.25, 0.3) is 0 Å². The molecule has 0 aromatic heterocycles.